The van der Waals surface area contributed by atoms with Crippen molar-refractivity contribution in [2.24, 2.45) is 0 Å². The van der Waals surface area contributed by atoms with Crippen LogP contribution in [0.5, 0.6) is 11.5 Å². The smallest absolute Gasteiger partial charge is 0.253 e. The average molecular weight is 324 g/mol. The van der Waals surface area contributed by atoms with Crippen molar-refractivity contribution in [3.05, 3.63) is 53.1 Å². The summed E-state index contributed by atoms with van der Waals surface area (Å²) in [7, 11) is 1.75. The van der Waals surface area contributed by atoms with Gasteiger partial charge in [-0.1, -0.05) is 6.07 Å². The minimum atomic E-state index is -0.0881. The number of benzene rings is 2. The Balaban J connectivity index is 1.50. The first kappa shape index (κ1) is 14.6. The summed E-state index contributed by atoms with van der Waals surface area (Å²) in [6.07, 6.45) is 0.322. The lowest BCUT2D eigenvalue weighted by Gasteiger charge is -2.18. The number of carbonyl (C=O) groups is 2. The van der Waals surface area contributed by atoms with Gasteiger partial charge in [-0.2, -0.15) is 0 Å². The van der Waals surface area contributed by atoms with Crippen molar-refractivity contribution in [2.45, 2.75) is 13.0 Å². The number of anilines is 1. The van der Waals surface area contributed by atoms with Crippen molar-refractivity contribution in [2.75, 3.05) is 19.2 Å². The first-order chi connectivity index (χ1) is 11.6. The van der Waals surface area contributed by atoms with Crippen LogP contribution >= 0.6 is 0 Å². The standard InChI is InChI=1S/C18H16N2O4/c1-20(9-11-2-5-15-16(6-11)24-10-23-15)18(22)12-3-4-14-13(7-12)8-17(21)19-14/h2-7H,8-10H2,1H3,(H,19,21). The Bertz CT molecular complexity index is 847. The van der Waals surface area contributed by atoms with E-state index in [0.29, 0.717) is 24.3 Å². The maximum absolute atomic E-state index is 12.6. The largest absolute Gasteiger partial charge is 0.454 e. The molecule has 0 bridgehead atoms. The van der Waals surface area contributed by atoms with Crippen LogP contribution in [-0.2, 0) is 17.8 Å². The number of nitrogens with zero attached hydrogens (tertiary/aromatic N) is 1. The molecular formula is C18H16N2O4. The molecule has 2 aromatic carbocycles. The highest BCUT2D eigenvalue weighted by Crippen LogP contribution is 2.33. The van der Waals surface area contributed by atoms with E-state index in [0.717, 1.165) is 22.6 Å². The molecule has 1 N–H and O–H groups in total. The van der Waals surface area contributed by atoms with Crippen LogP contribution in [0.15, 0.2) is 36.4 Å². The minimum absolute atomic E-state index is 0.0386. The molecule has 0 aromatic heterocycles. The fraction of sp³-hybridized carbons (Fsp3) is 0.222. The molecule has 6 nitrogen and oxygen atoms in total. The van der Waals surface area contributed by atoms with Gasteiger partial charge < -0.3 is 19.7 Å². The maximum atomic E-state index is 12.6. The summed E-state index contributed by atoms with van der Waals surface area (Å²) in [6.45, 7) is 0.694. The van der Waals surface area contributed by atoms with Gasteiger partial charge in [-0.3, -0.25) is 9.59 Å². The van der Waals surface area contributed by atoms with Gasteiger partial charge in [0.05, 0.1) is 6.42 Å². The van der Waals surface area contributed by atoms with E-state index in [4.69, 9.17) is 9.47 Å². The molecule has 0 radical (unpaired) electrons. The van der Waals surface area contributed by atoms with Gasteiger partial charge in [-0.25, -0.2) is 0 Å². The Morgan fingerprint density at radius 1 is 1.17 bits per heavy atom. The van der Waals surface area contributed by atoms with Crippen LogP contribution in [0.2, 0.25) is 0 Å². The Hall–Kier alpha value is -3.02. The molecule has 4 rings (SSSR count). The summed E-state index contributed by atoms with van der Waals surface area (Å²) in [6, 6.07) is 11.0. The molecule has 0 spiro atoms. The minimum Gasteiger partial charge on any atom is -0.454 e. The summed E-state index contributed by atoms with van der Waals surface area (Å²) < 4.78 is 10.7. The number of rotatable bonds is 3. The van der Waals surface area contributed by atoms with E-state index >= 15 is 0 Å². The summed E-state index contributed by atoms with van der Waals surface area (Å²) in [4.78, 5) is 25.7. The molecule has 0 atom stereocenters. The van der Waals surface area contributed by atoms with Gasteiger partial charge >= 0.3 is 0 Å². The van der Waals surface area contributed by atoms with Crippen LogP contribution in [0.4, 0.5) is 5.69 Å². The Morgan fingerprint density at radius 3 is 2.88 bits per heavy atom. The molecule has 0 fully saturated rings. The van der Waals surface area contributed by atoms with E-state index < -0.39 is 0 Å². The van der Waals surface area contributed by atoms with Crippen LogP contribution < -0.4 is 14.8 Å². The summed E-state index contributed by atoms with van der Waals surface area (Å²) in [5.41, 5.74) is 3.19. The highest BCUT2D eigenvalue weighted by Gasteiger charge is 2.21. The van der Waals surface area contributed by atoms with Crippen LogP contribution in [0.1, 0.15) is 21.5 Å². The summed E-state index contributed by atoms with van der Waals surface area (Å²) in [5.74, 6) is 1.30. The van der Waals surface area contributed by atoms with Gasteiger partial charge in [0.1, 0.15) is 0 Å². The maximum Gasteiger partial charge on any atom is 0.253 e. The van der Waals surface area contributed by atoms with Crippen molar-refractivity contribution >= 4 is 17.5 Å². The first-order valence-corrected chi connectivity index (χ1v) is 7.67. The Kier molecular flexibility index (Phi) is 3.37. The van der Waals surface area contributed by atoms with Crippen molar-refractivity contribution < 1.29 is 19.1 Å². The predicted octanol–water partition coefficient (Wildman–Crippen LogP) is 2.18. The van der Waals surface area contributed by atoms with Crippen molar-refractivity contribution in [1.82, 2.24) is 4.90 Å². The monoisotopic (exact) mass is 324 g/mol. The predicted molar refractivity (Wildman–Crippen MR) is 87.1 cm³/mol. The van der Waals surface area contributed by atoms with E-state index in [1.54, 1.807) is 30.1 Å². The molecule has 0 saturated carbocycles. The Labute approximate surface area is 139 Å². The Morgan fingerprint density at radius 2 is 2.00 bits per heavy atom. The second-order valence-electron chi connectivity index (χ2n) is 5.95. The summed E-state index contributed by atoms with van der Waals surface area (Å²) >= 11 is 0. The van der Waals surface area contributed by atoms with Gasteiger partial charge in [0.25, 0.3) is 5.91 Å². The molecule has 122 valence electrons. The lowest BCUT2D eigenvalue weighted by molar-refractivity contribution is -0.115. The zero-order valence-electron chi connectivity index (χ0n) is 13.2. The molecular weight excluding hydrogens is 308 g/mol. The van der Waals surface area contributed by atoms with Gasteiger partial charge in [0.2, 0.25) is 12.7 Å². The van der Waals surface area contributed by atoms with Crippen LogP contribution in [0.3, 0.4) is 0 Å². The second kappa shape index (κ2) is 5.56. The highest BCUT2D eigenvalue weighted by molar-refractivity contribution is 6.01. The number of ether oxygens (including phenoxy) is 2. The van der Waals surface area contributed by atoms with Gasteiger partial charge in [-0.05, 0) is 41.5 Å². The fourth-order valence-electron chi connectivity index (χ4n) is 2.97. The van der Waals surface area contributed by atoms with E-state index in [-0.39, 0.29) is 18.6 Å². The third kappa shape index (κ3) is 2.56. The zero-order valence-corrected chi connectivity index (χ0v) is 13.2. The van der Waals surface area contributed by atoms with Gasteiger partial charge in [0.15, 0.2) is 11.5 Å². The number of hydrogen-bond acceptors (Lipinski definition) is 4. The topological polar surface area (TPSA) is 67.9 Å². The van der Waals surface area contributed by atoms with E-state index in [1.807, 2.05) is 18.2 Å². The molecule has 0 aliphatic carbocycles. The van der Waals surface area contributed by atoms with Crippen molar-refractivity contribution in [3.63, 3.8) is 0 Å². The number of nitrogens with one attached hydrogen (secondary N) is 1. The quantitative estimate of drug-likeness (QED) is 0.940. The number of fused-ring (bicyclic) bond motifs is 2. The number of amides is 2. The van der Waals surface area contributed by atoms with Crippen molar-refractivity contribution in [1.29, 1.82) is 0 Å². The third-order valence-corrected chi connectivity index (χ3v) is 4.18. The molecule has 2 aliphatic rings. The van der Waals surface area contributed by atoms with Crippen LogP contribution in [0, 0.1) is 0 Å². The molecule has 0 saturated heterocycles. The second-order valence-corrected chi connectivity index (χ2v) is 5.95. The van der Waals surface area contributed by atoms with Gasteiger partial charge in [0, 0.05) is 24.8 Å². The number of hydrogen-bond donors (Lipinski definition) is 1. The normalized spacial score (nSPS) is 14.3. The highest BCUT2D eigenvalue weighted by atomic mass is 16.7. The average Bonchev–Trinajstić information content (AvgIpc) is 3.17. The van der Waals surface area contributed by atoms with Crippen LogP contribution in [-0.4, -0.2) is 30.6 Å². The molecule has 2 amide bonds. The lowest BCUT2D eigenvalue weighted by Crippen LogP contribution is -2.26. The molecule has 2 aromatic rings. The van der Waals surface area contributed by atoms with Gasteiger partial charge in [-0.15, -0.1) is 0 Å². The summed E-state index contributed by atoms with van der Waals surface area (Å²) in [5, 5.41) is 2.77. The number of carbonyl (C=O) groups excluding carboxylic acids is 2. The zero-order chi connectivity index (χ0) is 16.7. The molecule has 2 aliphatic heterocycles. The van der Waals surface area contributed by atoms with E-state index in [9.17, 15) is 9.59 Å². The third-order valence-electron chi connectivity index (χ3n) is 4.18. The van der Waals surface area contributed by atoms with E-state index in [1.165, 1.54) is 0 Å². The SMILES string of the molecule is CN(Cc1ccc2c(c1)OCO2)C(=O)c1ccc2c(c1)CC(=O)N2. The fourth-order valence-corrected chi connectivity index (χ4v) is 2.97. The first-order valence-electron chi connectivity index (χ1n) is 7.67. The lowest BCUT2D eigenvalue weighted by atomic mass is 10.1. The molecule has 2 heterocycles. The molecule has 24 heavy (non-hydrogen) atoms. The molecule has 0 unspecified atom stereocenters. The van der Waals surface area contributed by atoms with Crippen molar-refractivity contribution in [3.8, 4) is 11.5 Å². The van der Waals surface area contributed by atoms with Crippen LogP contribution in [0.25, 0.3) is 0 Å². The molecule has 6 heteroatoms. The van der Waals surface area contributed by atoms with E-state index in [2.05, 4.69) is 5.32 Å².